The maximum atomic E-state index is 5.68. The third-order valence-corrected chi connectivity index (χ3v) is 2.30. The van der Waals surface area contributed by atoms with E-state index in [1.54, 1.807) is 28.2 Å². The molecule has 0 spiro atoms. The molecule has 0 atom stereocenters. The summed E-state index contributed by atoms with van der Waals surface area (Å²) in [6.07, 6.45) is 0.346. The summed E-state index contributed by atoms with van der Waals surface area (Å²) >= 11 is 0. The van der Waals surface area contributed by atoms with Crippen LogP contribution in [0.5, 0.6) is 0 Å². The van der Waals surface area contributed by atoms with Crippen molar-refractivity contribution in [3.8, 4) is 0 Å². The van der Waals surface area contributed by atoms with Gasteiger partial charge in [0.1, 0.15) is 0 Å². The molecule has 0 aliphatic carbocycles. The average Bonchev–Trinajstić information content (AvgIpc) is 2.01. The van der Waals surface area contributed by atoms with Crippen LogP contribution in [0.1, 0.15) is 6.42 Å². The lowest BCUT2D eigenvalue weighted by Gasteiger charge is -2.37. The molecule has 0 aromatic carbocycles. The van der Waals surface area contributed by atoms with E-state index in [4.69, 9.17) is 23.4 Å². The Bertz CT molecular complexity index is 134. The van der Waals surface area contributed by atoms with Crippen LogP contribution in [0.3, 0.4) is 0 Å². The van der Waals surface area contributed by atoms with Crippen LogP contribution in [0, 0.1) is 0 Å². The summed E-state index contributed by atoms with van der Waals surface area (Å²) < 4.78 is 0. The largest absolute Gasteiger partial charge is 0.268 e. The molecule has 0 unspecified atom stereocenters. The fourth-order valence-electron chi connectivity index (χ4n) is 1.43. The highest BCUT2D eigenvalue weighted by Crippen LogP contribution is 2.08. The molecule has 0 heterocycles. The number of hydrazine groups is 4. The first kappa shape index (κ1) is 14.7. The Kier molecular flexibility index (Phi) is 6.17. The van der Waals surface area contributed by atoms with Gasteiger partial charge in [0.2, 0.25) is 0 Å². The fourth-order valence-corrected chi connectivity index (χ4v) is 1.43. The van der Waals surface area contributed by atoms with Crippen molar-refractivity contribution in [1.29, 1.82) is 0 Å². The molecule has 0 saturated heterocycles. The second-order valence-electron chi connectivity index (χ2n) is 3.86. The molecule has 8 N–H and O–H groups in total. The van der Waals surface area contributed by atoms with Crippen molar-refractivity contribution in [2.24, 2.45) is 23.4 Å². The minimum atomic E-state index is -0.132. The third kappa shape index (κ3) is 4.82. The molecule has 0 saturated carbocycles. The predicted molar refractivity (Wildman–Crippen MR) is 60.0 cm³/mol. The summed E-state index contributed by atoms with van der Waals surface area (Å²) in [4.78, 5) is 0. The molecule has 0 radical (unpaired) electrons. The molecule has 0 aliphatic rings. The Hall–Kier alpha value is -0.320. The SMILES string of the molecule is CN(N)C(CC(N(C)N)N(C)N)N(C)N. The Labute approximate surface area is 91.2 Å². The van der Waals surface area contributed by atoms with Crippen molar-refractivity contribution in [1.82, 2.24) is 20.0 Å². The summed E-state index contributed by atoms with van der Waals surface area (Å²) in [5.41, 5.74) is 0. The smallest absolute Gasteiger partial charge is 0.0906 e. The quantitative estimate of drug-likeness (QED) is 0.216. The fraction of sp³-hybridized carbons (Fsp3) is 1.00. The third-order valence-electron chi connectivity index (χ3n) is 2.30. The second kappa shape index (κ2) is 6.30. The molecule has 92 valence electrons. The molecular weight excluding hydrogens is 196 g/mol. The minimum Gasteiger partial charge on any atom is -0.268 e. The molecule has 0 aromatic rings. The van der Waals surface area contributed by atoms with Crippen LogP contribution in [0.4, 0.5) is 0 Å². The van der Waals surface area contributed by atoms with Crippen molar-refractivity contribution in [2.45, 2.75) is 18.8 Å². The maximum Gasteiger partial charge on any atom is 0.0906 e. The number of nitrogens with zero attached hydrogens (tertiary/aromatic N) is 4. The van der Waals surface area contributed by atoms with Crippen LogP contribution in [0.15, 0.2) is 0 Å². The molecular formula is C7H24N8. The predicted octanol–water partition coefficient (Wildman–Crippen LogP) is -2.75. The lowest BCUT2D eigenvalue weighted by atomic mass is 10.2. The minimum absolute atomic E-state index is 0.132. The van der Waals surface area contributed by atoms with Gasteiger partial charge < -0.3 is 0 Å². The molecule has 0 aromatic heterocycles. The van der Waals surface area contributed by atoms with Crippen molar-refractivity contribution < 1.29 is 0 Å². The topological polar surface area (TPSA) is 117 Å². The number of rotatable bonds is 6. The van der Waals surface area contributed by atoms with Gasteiger partial charge in [0.15, 0.2) is 0 Å². The number of hydrogen-bond acceptors (Lipinski definition) is 8. The van der Waals surface area contributed by atoms with E-state index in [2.05, 4.69) is 0 Å². The van der Waals surface area contributed by atoms with Crippen LogP contribution in [0.25, 0.3) is 0 Å². The number of hydrogen-bond donors (Lipinski definition) is 4. The lowest BCUT2D eigenvalue weighted by molar-refractivity contribution is 0.000497. The zero-order chi connectivity index (χ0) is 12.2. The van der Waals surface area contributed by atoms with Crippen LogP contribution >= 0.6 is 0 Å². The Morgan fingerprint density at radius 2 is 0.867 bits per heavy atom. The van der Waals surface area contributed by atoms with Gasteiger partial charge in [-0.25, -0.2) is 20.0 Å². The van der Waals surface area contributed by atoms with Crippen molar-refractivity contribution >= 4 is 0 Å². The van der Waals surface area contributed by atoms with Crippen molar-refractivity contribution in [2.75, 3.05) is 28.2 Å². The molecule has 15 heavy (non-hydrogen) atoms. The highest BCUT2D eigenvalue weighted by molar-refractivity contribution is 4.70. The summed E-state index contributed by atoms with van der Waals surface area (Å²) in [5, 5.41) is 6.11. The molecule has 0 amide bonds. The summed E-state index contributed by atoms with van der Waals surface area (Å²) in [5.74, 6) is 22.7. The normalized spacial score (nSPS) is 13.2. The van der Waals surface area contributed by atoms with Gasteiger partial charge in [-0.15, -0.1) is 0 Å². The first-order chi connectivity index (χ1) is 6.77. The second-order valence-corrected chi connectivity index (χ2v) is 3.86. The Balaban J connectivity index is 4.48. The molecule has 8 heteroatoms. The van der Waals surface area contributed by atoms with Gasteiger partial charge in [0, 0.05) is 34.6 Å². The molecule has 0 bridgehead atoms. The average molecular weight is 220 g/mol. The van der Waals surface area contributed by atoms with E-state index in [9.17, 15) is 0 Å². The van der Waals surface area contributed by atoms with Crippen LogP contribution < -0.4 is 23.4 Å². The lowest BCUT2D eigenvalue weighted by Crippen LogP contribution is -2.59. The van der Waals surface area contributed by atoms with E-state index in [1.165, 1.54) is 20.0 Å². The van der Waals surface area contributed by atoms with E-state index in [0.717, 1.165) is 0 Å². The maximum absolute atomic E-state index is 5.68. The van der Waals surface area contributed by atoms with Gasteiger partial charge in [-0.1, -0.05) is 0 Å². The molecule has 0 rings (SSSR count). The summed E-state index contributed by atoms with van der Waals surface area (Å²) in [6.45, 7) is 0. The highest BCUT2D eigenvalue weighted by atomic mass is 15.6. The zero-order valence-corrected chi connectivity index (χ0v) is 9.96. The van der Waals surface area contributed by atoms with Crippen LogP contribution in [-0.2, 0) is 0 Å². The van der Waals surface area contributed by atoms with E-state index in [0.29, 0.717) is 6.42 Å². The first-order valence-electron chi connectivity index (χ1n) is 4.67. The Morgan fingerprint density at radius 3 is 1.00 bits per heavy atom. The van der Waals surface area contributed by atoms with Crippen molar-refractivity contribution in [3.05, 3.63) is 0 Å². The van der Waals surface area contributed by atoms with Gasteiger partial charge in [-0.2, -0.15) is 0 Å². The van der Waals surface area contributed by atoms with Gasteiger partial charge in [-0.3, -0.25) is 23.4 Å². The van der Waals surface area contributed by atoms with Gasteiger partial charge in [0.05, 0.1) is 12.3 Å². The molecule has 0 aliphatic heterocycles. The molecule has 8 nitrogen and oxygen atoms in total. The standard InChI is InChI=1S/C7H24N8/c1-12(8)6(13(2)9)5-7(14(3)10)15(4)11/h6-7H,5,8-11H2,1-4H3. The van der Waals surface area contributed by atoms with Gasteiger partial charge in [0.25, 0.3) is 0 Å². The highest BCUT2D eigenvalue weighted by Gasteiger charge is 2.24. The van der Waals surface area contributed by atoms with Crippen LogP contribution in [-0.4, -0.2) is 60.6 Å². The Morgan fingerprint density at radius 1 is 0.667 bits per heavy atom. The monoisotopic (exact) mass is 220 g/mol. The van der Waals surface area contributed by atoms with Crippen LogP contribution in [0.2, 0.25) is 0 Å². The zero-order valence-electron chi connectivity index (χ0n) is 9.96. The van der Waals surface area contributed by atoms with E-state index in [-0.39, 0.29) is 12.3 Å². The summed E-state index contributed by atoms with van der Waals surface area (Å²) in [7, 11) is 6.99. The molecule has 0 fully saturated rings. The number of nitrogens with two attached hydrogens (primary N) is 4. The van der Waals surface area contributed by atoms with Gasteiger partial charge in [-0.05, 0) is 0 Å². The van der Waals surface area contributed by atoms with E-state index >= 15 is 0 Å². The van der Waals surface area contributed by atoms with Gasteiger partial charge >= 0.3 is 0 Å². The van der Waals surface area contributed by atoms with E-state index < -0.39 is 0 Å². The first-order valence-corrected chi connectivity index (χ1v) is 4.67. The van der Waals surface area contributed by atoms with Crippen molar-refractivity contribution in [3.63, 3.8) is 0 Å². The van der Waals surface area contributed by atoms with E-state index in [1.807, 2.05) is 0 Å². The summed E-state index contributed by atoms with van der Waals surface area (Å²) in [6, 6.07) is 0.